The first kappa shape index (κ1) is 19.0. The van der Waals surface area contributed by atoms with Crippen molar-refractivity contribution in [3.8, 4) is 11.4 Å². The normalized spacial score (nSPS) is 14.5. The molecule has 0 unspecified atom stereocenters. The maximum absolute atomic E-state index is 14.0. The molecule has 8 heteroatoms. The van der Waals surface area contributed by atoms with Gasteiger partial charge in [-0.2, -0.15) is 0 Å². The fraction of sp³-hybridized carbons (Fsp3) is 0.333. The molecular weight excluding hydrogens is 371 g/mol. The van der Waals surface area contributed by atoms with Gasteiger partial charge in [-0.15, -0.1) is 5.10 Å². The van der Waals surface area contributed by atoms with Gasteiger partial charge in [-0.1, -0.05) is 24.3 Å². The Morgan fingerprint density at radius 2 is 1.79 bits per heavy atom. The van der Waals surface area contributed by atoms with Crippen LogP contribution in [0.15, 0.2) is 48.5 Å². The fourth-order valence-corrected chi connectivity index (χ4v) is 3.56. The number of nitrogens with zero attached hydrogens (tertiary/aromatic N) is 6. The minimum Gasteiger partial charge on any atom is -0.366 e. The molecule has 7 nitrogen and oxygen atoms in total. The zero-order valence-corrected chi connectivity index (χ0v) is 16.5. The van der Waals surface area contributed by atoms with E-state index in [0.29, 0.717) is 43.3 Å². The molecule has 150 valence electrons. The number of tetrazole rings is 1. The molecule has 0 saturated carbocycles. The molecule has 4 rings (SSSR count). The highest BCUT2D eigenvalue weighted by molar-refractivity contribution is 5.95. The van der Waals surface area contributed by atoms with Crippen LogP contribution in [0, 0.1) is 5.82 Å². The summed E-state index contributed by atoms with van der Waals surface area (Å²) in [6.45, 7) is 6.28. The summed E-state index contributed by atoms with van der Waals surface area (Å²) in [5.74, 6) is 0.366. The summed E-state index contributed by atoms with van der Waals surface area (Å²) < 4.78 is 15.8. The van der Waals surface area contributed by atoms with E-state index in [0.717, 1.165) is 5.56 Å². The SMILES string of the molecule is CC(C)n1nnnc1-c1cccc(C(=O)N2CCN(c3ccccc3F)CC2)c1. The van der Waals surface area contributed by atoms with E-state index in [1.54, 1.807) is 22.9 Å². The van der Waals surface area contributed by atoms with Gasteiger partial charge >= 0.3 is 0 Å². The van der Waals surface area contributed by atoms with Crippen molar-refractivity contribution in [3.05, 3.63) is 59.9 Å². The monoisotopic (exact) mass is 394 g/mol. The number of carbonyl (C=O) groups is 1. The molecule has 3 aromatic rings. The lowest BCUT2D eigenvalue weighted by Gasteiger charge is -2.36. The number of rotatable bonds is 4. The lowest BCUT2D eigenvalue weighted by Crippen LogP contribution is -2.49. The molecule has 1 aliphatic rings. The molecule has 1 aliphatic heterocycles. The van der Waals surface area contributed by atoms with Crippen LogP contribution in [0.1, 0.15) is 30.2 Å². The third-order valence-corrected chi connectivity index (χ3v) is 5.11. The lowest BCUT2D eigenvalue weighted by atomic mass is 10.1. The third kappa shape index (κ3) is 3.83. The van der Waals surface area contributed by atoms with Crippen molar-refractivity contribution in [2.75, 3.05) is 31.1 Å². The first-order valence-electron chi connectivity index (χ1n) is 9.71. The summed E-state index contributed by atoms with van der Waals surface area (Å²) in [5, 5.41) is 11.9. The largest absolute Gasteiger partial charge is 0.366 e. The van der Waals surface area contributed by atoms with Crippen LogP contribution in [0.5, 0.6) is 0 Å². The Hall–Kier alpha value is -3.29. The van der Waals surface area contributed by atoms with Crippen LogP contribution in [-0.2, 0) is 0 Å². The van der Waals surface area contributed by atoms with Crippen LogP contribution in [0.3, 0.4) is 0 Å². The fourth-order valence-electron chi connectivity index (χ4n) is 3.56. The third-order valence-electron chi connectivity index (χ3n) is 5.11. The summed E-state index contributed by atoms with van der Waals surface area (Å²) in [4.78, 5) is 16.8. The molecule has 1 aromatic heterocycles. The zero-order valence-electron chi connectivity index (χ0n) is 16.5. The van der Waals surface area contributed by atoms with Crippen LogP contribution in [0.4, 0.5) is 10.1 Å². The van der Waals surface area contributed by atoms with Crippen molar-refractivity contribution in [1.82, 2.24) is 25.1 Å². The van der Waals surface area contributed by atoms with E-state index < -0.39 is 0 Å². The maximum Gasteiger partial charge on any atom is 0.253 e. The summed E-state index contributed by atoms with van der Waals surface area (Å²) in [7, 11) is 0. The van der Waals surface area contributed by atoms with Gasteiger partial charge in [0, 0.05) is 37.3 Å². The number of benzene rings is 2. The molecule has 1 amide bonds. The van der Waals surface area contributed by atoms with Gasteiger partial charge < -0.3 is 9.80 Å². The quantitative estimate of drug-likeness (QED) is 0.681. The molecule has 0 atom stereocenters. The highest BCUT2D eigenvalue weighted by Crippen LogP contribution is 2.23. The van der Waals surface area contributed by atoms with Crippen LogP contribution in [-0.4, -0.2) is 57.2 Å². The van der Waals surface area contributed by atoms with E-state index in [-0.39, 0.29) is 17.8 Å². The Labute approximate surface area is 168 Å². The van der Waals surface area contributed by atoms with E-state index >= 15 is 0 Å². The first-order valence-corrected chi connectivity index (χ1v) is 9.71. The number of halogens is 1. The van der Waals surface area contributed by atoms with Gasteiger partial charge in [-0.05, 0) is 48.5 Å². The van der Waals surface area contributed by atoms with Gasteiger partial charge in [-0.3, -0.25) is 4.79 Å². The van der Waals surface area contributed by atoms with Gasteiger partial charge in [-0.25, -0.2) is 9.07 Å². The second-order valence-corrected chi connectivity index (χ2v) is 7.35. The Morgan fingerprint density at radius 1 is 1.03 bits per heavy atom. The lowest BCUT2D eigenvalue weighted by molar-refractivity contribution is 0.0746. The Kier molecular flexibility index (Phi) is 5.24. The Morgan fingerprint density at radius 3 is 2.52 bits per heavy atom. The van der Waals surface area contributed by atoms with Crippen molar-refractivity contribution in [2.45, 2.75) is 19.9 Å². The standard InChI is InChI=1S/C21H23FN6O/c1-15(2)28-20(23-24-25-28)16-6-5-7-17(14-16)21(29)27-12-10-26(11-13-27)19-9-4-3-8-18(19)22/h3-9,14-15H,10-13H2,1-2H3. The van der Waals surface area contributed by atoms with Gasteiger partial charge in [0.05, 0.1) is 11.7 Å². The zero-order chi connectivity index (χ0) is 20.4. The number of hydrogen-bond acceptors (Lipinski definition) is 5. The smallest absolute Gasteiger partial charge is 0.253 e. The molecule has 0 N–H and O–H groups in total. The summed E-state index contributed by atoms with van der Waals surface area (Å²) in [6, 6.07) is 14.2. The highest BCUT2D eigenvalue weighted by Gasteiger charge is 2.24. The maximum atomic E-state index is 14.0. The molecule has 0 spiro atoms. The predicted molar refractivity (Wildman–Crippen MR) is 108 cm³/mol. The molecule has 0 aliphatic carbocycles. The van der Waals surface area contributed by atoms with E-state index in [2.05, 4.69) is 15.5 Å². The molecule has 0 radical (unpaired) electrons. The molecule has 2 heterocycles. The highest BCUT2D eigenvalue weighted by atomic mass is 19.1. The van der Waals surface area contributed by atoms with Crippen molar-refractivity contribution >= 4 is 11.6 Å². The number of amides is 1. The summed E-state index contributed by atoms with van der Waals surface area (Å²) in [5.41, 5.74) is 1.99. The van der Waals surface area contributed by atoms with Gasteiger partial charge in [0.25, 0.3) is 5.91 Å². The number of para-hydroxylation sites is 1. The summed E-state index contributed by atoms with van der Waals surface area (Å²) >= 11 is 0. The molecule has 2 aromatic carbocycles. The molecule has 1 saturated heterocycles. The minimum atomic E-state index is -0.233. The predicted octanol–water partition coefficient (Wildman–Crippen LogP) is 3.02. The number of carbonyl (C=O) groups excluding carboxylic acids is 1. The Balaban J connectivity index is 1.48. The molecule has 0 bridgehead atoms. The van der Waals surface area contributed by atoms with Crippen LogP contribution in [0.25, 0.3) is 11.4 Å². The van der Waals surface area contributed by atoms with E-state index in [9.17, 15) is 9.18 Å². The molecule has 29 heavy (non-hydrogen) atoms. The number of aromatic nitrogens is 4. The molecular formula is C21H23FN6O. The van der Waals surface area contributed by atoms with Crippen molar-refractivity contribution in [3.63, 3.8) is 0 Å². The van der Waals surface area contributed by atoms with Gasteiger partial charge in [0.15, 0.2) is 5.82 Å². The average Bonchev–Trinajstić information content (AvgIpc) is 3.24. The van der Waals surface area contributed by atoms with E-state index in [1.165, 1.54) is 6.07 Å². The van der Waals surface area contributed by atoms with Crippen LogP contribution in [0.2, 0.25) is 0 Å². The first-order chi connectivity index (χ1) is 14.0. The van der Waals surface area contributed by atoms with Crippen LogP contribution >= 0.6 is 0 Å². The van der Waals surface area contributed by atoms with Crippen LogP contribution < -0.4 is 4.90 Å². The number of hydrogen-bond donors (Lipinski definition) is 0. The minimum absolute atomic E-state index is 0.0383. The molecule has 1 fully saturated rings. The second-order valence-electron chi connectivity index (χ2n) is 7.35. The topological polar surface area (TPSA) is 67.2 Å². The second kappa shape index (κ2) is 7.98. The summed E-state index contributed by atoms with van der Waals surface area (Å²) in [6.07, 6.45) is 0. The van der Waals surface area contributed by atoms with Crippen molar-refractivity contribution < 1.29 is 9.18 Å². The number of anilines is 1. The number of piperazine rings is 1. The van der Waals surface area contributed by atoms with Crippen molar-refractivity contribution in [2.24, 2.45) is 0 Å². The Bertz CT molecular complexity index is 1010. The van der Waals surface area contributed by atoms with Gasteiger partial charge in [0.2, 0.25) is 0 Å². The van der Waals surface area contributed by atoms with E-state index in [1.807, 2.05) is 47.9 Å². The van der Waals surface area contributed by atoms with Crippen molar-refractivity contribution in [1.29, 1.82) is 0 Å². The van der Waals surface area contributed by atoms with E-state index in [4.69, 9.17) is 0 Å². The average molecular weight is 394 g/mol. The van der Waals surface area contributed by atoms with Gasteiger partial charge in [0.1, 0.15) is 5.82 Å².